The molecule has 2 aliphatic heterocycles. The average molecular weight is 269 g/mol. The molecule has 1 aliphatic carbocycles. The van der Waals surface area contributed by atoms with E-state index in [9.17, 15) is 13.6 Å². The second-order valence-electron chi connectivity index (χ2n) is 4.41. The van der Waals surface area contributed by atoms with Crippen molar-refractivity contribution in [3.63, 3.8) is 0 Å². The Morgan fingerprint density at radius 1 is 1.58 bits per heavy atom. The normalized spacial score (nSPS) is 35.8. The fraction of sp³-hybridized carbons (Fsp3) is 0.333. The molecule has 0 fully saturated rings. The van der Waals surface area contributed by atoms with Gasteiger partial charge in [0, 0.05) is 6.42 Å². The maximum absolute atomic E-state index is 13.3. The molecule has 0 amide bonds. The van der Waals surface area contributed by atoms with Crippen molar-refractivity contribution < 1.29 is 28.3 Å². The molecular weight excluding hydrogens is 260 g/mol. The Balaban J connectivity index is 1.94. The molecule has 100 valence electrons. The maximum Gasteiger partial charge on any atom is 0.393 e. The summed E-state index contributed by atoms with van der Waals surface area (Å²) in [5.74, 6) is -4.81. The standard InChI is InChI=1S/C12H9F2NO4/c13-7-3-6(4-8(14)5-7)10-9-1-2-18-12(9,11(16)17)19-15-10/h1-3,5,8-9H,4H2,(H,16,17). The van der Waals surface area contributed by atoms with Crippen LogP contribution in [0.3, 0.4) is 0 Å². The minimum Gasteiger partial charge on any atom is -0.475 e. The van der Waals surface area contributed by atoms with Gasteiger partial charge in [0.05, 0.1) is 12.0 Å². The van der Waals surface area contributed by atoms with E-state index in [2.05, 4.69) is 5.16 Å². The molecular formula is C12H9F2NO4. The van der Waals surface area contributed by atoms with Gasteiger partial charge in [0.1, 0.15) is 17.9 Å². The van der Waals surface area contributed by atoms with Crippen LogP contribution >= 0.6 is 0 Å². The lowest BCUT2D eigenvalue weighted by Crippen LogP contribution is -2.45. The maximum atomic E-state index is 13.3. The fourth-order valence-electron chi connectivity index (χ4n) is 2.32. The molecule has 0 aromatic heterocycles. The van der Waals surface area contributed by atoms with Crippen LogP contribution in [0.2, 0.25) is 0 Å². The number of halogens is 2. The first-order valence-corrected chi connectivity index (χ1v) is 5.59. The third-order valence-electron chi connectivity index (χ3n) is 3.19. The van der Waals surface area contributed by atoms with Crippen molar-refractivity contribution in [2.45, 2.75) is 18.4 Å². The summed E-state index contributed by atoms with van der Waals surface area (Å²) in [7, 11) is 0. The summed E-state index contributed by atoms with van der Waals surface area (Å²) in [6.07, 6.45) is 3.08. The second kappa shape index (κ2) is 3.91. The van der Waals surface area contributed by atoms with E-state index in [-0.39, 0.29) is 17.7 Å². The molecule has 3 unspecified atom stereocenters. The largest absolute Gasteiger partial charge is 0.475 e. The molecule has 1 N–H and O–H groups in total. The van der Waals surface area contributed by atoms with Gasteiger partial charge in [-0.25, -0.2) is 13.6 Å². The van der Waals surface area contributed by atoms with E-state index in [1.165, 1.54) is 12.3 Å². The van der Waals surface area contributed by atoms with Crippen LogP contribution in [0.4, 0.5) is 8.78 Å². The molecule has 3 rings (SSSR count). The number of oxime groups is 1. The lowest BCUT2D eigenvalue weighted by molar-refractivity contribution is -0.217. The van der Waals surface area contributed by atoms with Gasteiger partial charge in [0.15, 0.2) is 0 Å². The highest BCUT2D eigenvalue weighted by atomic mass is 19.1. The summed E-state index contributed by atoms with van der Waals surface area (Å²) in [5.41, 5.74) is 0.456. The fourth-order valence-corrected chi connectivity index (χ4v) is 2.32. The quantitative estimate of drug-likeness (QED) is 0.830. The van der Waals surface area contributed by atoms with Crippen LogP contribution in [0.25, 0.3) is 0 Å². The number of carboxylic acids is 1. The van der Waals surface area contributed by atoms with Crippen molar-refractivity contribution >= 4 is 11.7 Å². The first kappa shape index (κ1) is 11.9. The SMILES string of the molecule is O=C(O)C12OC=CC1C(C1=CC(F)=CC(F)C1)=NO2. The highest BCUT2D eigenvalue weighted by Crippen LogP contribution is 2.41. The van der Waals surface area contributed by atoms with Gasteiger partial charge in [0.2, 0.25) is 0 Å². The Kier molecular flexibility index (Phi) is 2.44. The van der Waals surface area contributed by atoms with Crippen LogP contribution in [0.15, 0.2) is 41.0 Å². The summed E-state index contributed by atoms with van der Waals surface area (Å²) in [6.45, 7) is 0. The number of fused-ring (bicyclic) bond motifs is 1. The van der Waals surface area contributed by atoms with Crippen molar-refractivity contribution in [1.82, 2.24) is 0 Å². The van der Waals surface area contributed by atoms with E-state index in [0.29, 0.717) is 0 Å². The van der Waals surface area contributed by atoms with E-state index in [1.807, 2.05) is 0 Å². The number of carbonyl (C=O) groups is 1. The molecule has 3 aliphatic rings. The first-order chi connectivity index (χ1) is 9.03. The van der Waals surface area contributed by atoms with Crippen molar-refractivity contribution in [2.24, 2.45) is 11.1 Å². The molecule has 0 saturated heterocycles. The van der Waals surface area contributed by atoms with E-state index < -0.39 is 29.7 Å². The summed E-state index contributed by atoms with van der Waals surface area (Å²) in [5, 5.41) is 12.8. The molecule has 0 aromatic rings. The molecule has 0 bridgehead atoms. The second-order valence-corrected chi connectivity index (χ2v) is 4.41. The molecule has 2 heterocycles. The molecule has 0 aromatic carbocycles. The predicted molar refractivity (Wildman–Crippen MR) is 59.4 cm³/mol. The summed E-state index contributed by atoms with van der Waals surface area (Å²) in [6, 6.07) is 0. The van der Waals surface area contributed by atoms with E-state index >= 15 is 0 Å². The van der Waals surface area contributed by atoms with Gasteiger partial charge in [0.25, 0.3) is 0 Å². The Bertz CT molecular complexity index is 566. The number of rotatable bonds is 2. The smallest absolute Gasteiger partial charge is 0.393 e. The number of aliphatic carboxylic acids is 1. The van der Waals surface area contributed by atoms with Crippen LogP contribution in [-0.2, 0) is 14.4 Å². The van der Waals surface area contributed by atoms with Gasteiger partial charge in [-0.05, 0) is 23.8 Å². The van der Waals surface area contributed by atoms with Crippen LogP contribution in [0, 0.1) is 5.92 Å². The zero-order chi connectivity index (χ0) is 13.6. The summed E-state index contributed by atoms with van der Waals surface area (Å²) < 4.78 is 31.5. The number of nitrogens with zero attached hydrogens (tertiary/aromatic N) is 1. The zero-order valence-corrected chi connectivity index (χ0v) is 9.55. The van der Waals surface area contributed by atoms with Crippen molar-refractivity contribution in [1.29, 1.82) is 0 Å². The molecule has 19 heavy (non-hydrogen) atoms. The minimum atomic E-state index is -1.94. The average Bonchev–Trinajstić information content (AvgIpc) is 2.85. The van der Waals surface area contributed by atoms with Gasteiger partial charge in [-0.1, -0.05) is 5.16 Å². The van der Waals surface area contributed by atoms with E-state index in [1.54, 1.807) is 0 Å². The number of alkyl halides is 1. The van der Waals surface area contributed by atoms with Crippen LogP contribution < -0.4 is 0 Å². The van der Waals surface area contributed by atoms with Crippen molar-refractivity contribution in [2.75, 3.05) is 0 Å². The van der Waals surface area contributed by atoms with Crippen LogP contribution in [0.1, 0.15) is 6.42 Å². The molecule has 0 radical (unpaired) electrons. The number of allylic oxidation sites excluding steroid dienone is 4. The highest BCUT2D eigenvalue weighted by Gasteiger charge is 2.60. The van der Waals surface area contributed by atoms with E-state index in [4.69, 9.17) is 14.7 Å². The molecule has 0 saturated carbocycles. The van der Waals surface area contributed by atoms with Crippen LogP contribution in [-0.4, -0.2) is 28.7 Å². The van der Waals surface area contributed by atoms with E-state index in [0.717, 1.165) is 12.2 Å². The Labute approximate surface area is 106 Å². The lowest BCUT2D eigenvalue weighted by atomic mass is 9.87. The molecule has 7 heteroatoms. The third kappa shape index (κ3) is 1.65. The van der Waals surface area contributed by atoms with Gasteiger partial charge in [-0.3, -0.25) is 0 Å². The van der Waals surface area contributed by atoms with Gasteiger partial charge in [-0.2, -0.15) is 0 Å². The topological polar surface area (TPSA) is 68.1 Å². The monoisotopic (exact) mass is 269 g/mol. The molecule has 3 atom stereocenters. The number of carboxylic acid groups (broad SMARTS) is 1. The predicted octanol–water partition coefficient (Wildman–Crippen LogP) is 1.84. The number of ether oxygens (including phenoxy) is 1. The van der Waals surface area contributed by atoms with Crippen molar-refractivity contribution in [3.8, 4) is 0 Å². The van der Waals surface area contributed by atoms with Crippen molar-refractivity contribution in [3.05, 3.63) is 35.9 Å². The molecule has 0 spiro atoms. The zero-order valence-electron chi connectivity index (χ0n) is 9.55. The van der Waals surface area contributed by atoms with Gasteiger partial charge >= 0.3 is 11.8 Å². The Morgan fingerprint density at radius 2 is 2.37 bits per heavy atom. The summed E-state index contributed by atoms with van der Waals surface area (Å²) >= 11 is 0. The Hall–Kier alpha value is -2.18. The summed E-state index contributed by atoms with van der Waals surface area (Å²) in [4.78, 5) is 16.1. The first-order valence-electron chi connectivity index (χ1n) is 5.59. The third-order valence-corrected chi connectivity index (χ3v) is 3.19. The highest BCUT2D eigenvalue weighted by molar-refractivity contribution is 6.07. The number of hydrogen-bond donors (Lipinski definition) is 1. The lowest BCUT2D eigenvalue weighted by Gasteiger charge is -2.21. The Morgan fingerprint density at radius 3 is 3.05 bits per heavy atom. The van der Waals surface area contributed by atoms with Crippen LogP contribution in [0.5, 0.6) is 0 Å². The minimum absolute atomic E-state index is 0.0738. The van der Waals surface area contributed by atoms with Gasteiger partial charge < -0.3 is 14.7 Å². The number of hydrogen-bond acceptors (Lipinski definition) is 4. The van der Waals surface area contributed by atoms with Gasteiger partial charge in [-0.15, -0.1) is 0 Å². The molecule has 5 nitrogen and oxygen atoms in total.